The molecule has 1 aromatic rings. The molecule has 4 heteroatoms. The minimum absolute atomic E-state index is 0.156. The summed E-state index contributed by atoms with van der Waals surface area (Å²) in [6.45, 7) is 0. The molecule has 0 saturated heterocycles. The first-order valence-electron chi connectivity index (χ1n) is 4.17. The highest BCUT2D eigenvalue weighted by Crippen LogP contribution is 2.16. The van der Waals surface area contributed by atoms with Crippen molar-refractivity contribution in [2.24, 2.45) is 0 Å². The predicted molar refractivity (Wildman–Crippen MR) is 55.6 cm³/mol. The van der Waals surface area contributed by atoms with Crippen LogP contribution in [-0.4, -0.2) is 28.5 Å². The number of aliphatic hydroxyl groups excluding tert-OH is 1. The van der Waals surface area contributed by atoms with Gasteiger partial charge in [0.1, 0.15) is 0 Å². The third-order valence-electron chi connectivity index (χ3n) is 1.85. The molecule has 0 aliphatic rings. The van der Waals surface area contributed by atoms with Crippen molar-refractivity contribution in [2.75, 3.05) is 6.26 Å². The Morgan fingerprint density at radius 2 is 2.29 bits per heavy atom. The third-order valence-corrected chi connectivity index (χ3v) is 2.57. The van der Waals surface area contributed by atoms with Gasteiger partial charge in [0.05, 0.1) is 0 Å². The minimum Gasteiger partial charge on any atom is -0.479 e. The zero-order valence-electron chi connectivity index (χ0n) is 7.80. The van der Waals surface area contributed by atoms with Gasteiger partial charge in [-0.2, -0.15) is 0 Å². The fourth-order valence-corrected chi connectivity index (χ4v) is 1.59. The molecule has 3 nitrogen and oxygen atoms in total. The van der Waals surface area contributed by atoms with Crippen molar-refractivity contribution in [3.05, 3.63) is 29.8 Å². The number of carboxylic acid groups (broad SMARTS) is 1. The van der Waals surface area contributed by atoms with Crippen molar-refractivity contribution in [1.29, 1.82) is 0 Å². The number of aliphatic carboxylic acids is 1. The van der Waals surface area contributed by atoms with Crippen molar-refractivity contribution in [3.8, 4) is 0 Å². The lowest BCUT2D eigenvalue weighted by molar-refractivity contribution is -0.146. The monoisotopic (exact) mass is 212 g/mol. The van der Waals surface area contributed by atoms with E-state index in [1.54, 1.807) is 11.8 Å². The summed E-state index contributed by atoms with van der Waals surface area (Å²) >= 11 is 1.59. The smallest absolute Gasteiger partial charge is 0.332 e. The Bertz CT molecular complexity index is 325. The van der Waals surface area contributed by atoms with E-state index in [1.807, 2.05) is 30.5 Å². The summed E-state index contributed by atoms with van der Waals surface area (Å²) in [5.74, 6) is -1.18. The summed E-state index contributed by atoms with van der Waals surface area (Å²) in [6.07, 6.45) is 0.795. The quantitative estimate of drug-likeness (QED) is 0.741. The molecule has 0 aliphatic carbocycles. The summed E-state index contributed by atoms with van der Waals surface area (Å²) in [7, 11) is 0. The van der Waals surface area contributed by atoms with Crippen LogP contribution in [0.1, 0.15) is 5.56 Å². The Morgan fingerprint density at radius 3 is 2.86 bits per heavy atom. The second kappa shape index (κ2) is 5.02. The summed E-state index contributed by atoms with van der Waals surface area (Å²) in [5, 5.41) is 17.7. The number of hydrogen-bond donors (Lipinski definition) is 2. The van der Waals surface area contributed by atoms with E-state index in [9.17, 15) is 4.79 Å². The van der Waals surface area contributed by atoms with Crippen LogP contribution in [0.2, 0.25) is 0 Å². The van der Waals surface area contributed by atoms with E-state index in [0.717, 1.165) is 10.5 Å². The van der Waals surface area contributed by atoms with E-state index in [0.29, 0.717) is 0 Å². The molecule has 1 rings (SSSR count). The first kappa shape index (κ1) is 11.1. The van der Waals surface area contributed by atoms with Crippen LogP contribution >= 0.6 is 11.8 Å². The molecule has 0 saturated carbocycles. The summed E-state index contributed by atoms with van der Waals surface area (Å²) in [5.41, 5.74) is 0.840. The molecule has 0 heterocycles. The number of hydrogen-bond acceptors (Lipinski definition) is 3. The second-order valence-electron chi connectivity index (χ2n) is 2.91. The molecule has 0 fully saturated rings. The van der Waals surface area contributed by atoms with E-state index in [4.69, 9.17) is 10.2 Å². The summed E-state index contributed by atoms with van der Waals surface area (Å²) in [6, 6.07) is 7.50. The fraction of sp³-hybridized carbons (Fsp3) is 0.300. The number of carbonyl (C=O) groups is 1. The van der Waals surface area contributed by atoms with E-state index >= 15 is 0 Å². The van der Waals surface area contributed by atoms with Gasteiger partial charge in [-0.05, 0) is 24.0 Å². The van der Waals surface area contributed by atoms with Gasteiger partial charge in [-0.1, -0.05) is 12.1 Å². The van der Waals surface area contributed by atoms with Crippen molar-refractivity contribution < 1.29 is 15.0 Å². The number of aliphatic hydroxyl groups is 1. The van der Waals surface area contributed by atoms with Gasteiger partial charge in [0, 0.05) is 11.3 Å². The topological polar surface area (TPSA) is 57.5 Å². The van der Waals surface area contributed by atoms with E-state index < -0.39 is 12.1 Å². The lowest BCUT2D eigenvalue weighted by atomic mass is 10.1. The van der Waals surface area contributed by atoms with Crippen LogP contribution in [0.3, 0.4) is 0 Å². The van der Waals surface area contributed by atoms with Crippen LogP contribution in [0.5, 0.6) is 0 Å². The first-order chi connectivity index (χ1) is 6.63. The van der Waals surface area contributed by atoms with Crippen molar-refractivity contribution in [3.63, 3.8) is 0 Å². The summed E-state index contributed by atoms with van der Waals surface area (Å²) < 4.78 is 0. The zero-order chi connectivity index (χ0) is 10.6. The van der Waals surface area contributed by atoms with Gasteiger partial charge < -0.3 is 10.2 Å². The largest absolute Gasteiger partial charge is 0.479 e. The van der Waals surface area contributed by atoms with E-state index in [1.165, 1.54) is 0 Å². The second-order valence-corrected chi connectivity index (χ2v) is 3.79. The molecule has 1 aromatic carbocycles. The van der Waals surface area contributed by atoms with Gasteiger partial charge in [0.15, 0.2) is 6.10 Å². The third kappa shape index (κ3) is 3.05. The standard InChI is InChI=1S/C10H12O3S/c1-14-8-4-2-3-7(5-8)6-9(11)10(12)13/h2-5,9,11H,6H2,1H3,(H,12,13). The van der Waals surface area contributed by atoms with Gasteiger partial charge >= 0.3 is 5.97 Å². The Labute approximate surface area is 86.8 Å². The minimum atomic E-state index is -1.31. The van der Waals surface area contributed by atoms with Crippen LogP contribution in [-0.2, 0) is 11.2 Å². The van der Waals surface area contributed by atoms with E-state index in [-0.39, 0.29) is 6.42 Å². The molecule has 0 radical (unpaired) electrons. The summed E-state index contributed by atoms with van der Waals surface area (Å²) in [4.78, 5) is 11.5. The van der Waals surface area contributed by atoms with Gasteiger partial charge in [0.2, 0.25) is 0 Å². The fourth-order valence-electron chi connectivity index (χ4n) is 1.11. The molecule has 0 aromatic heterocycles. The van der Waals surface area contributed by atoms with Gasteiger partial charge in [0.25, 0.3) is 0 Å². The lowest BCUT2D eigenvalue weighted by Gasteiger charge is -2.06. The maximum Gasteiger partial charge on any atom is 0.332 e. The average Bonchev–Trinajstić information content (AvgIpc) is 2.18. The van der Waals surface area contributed by atoms with Crippen molar-refractivity contribution >= 4 is 17.7 Å². The molecule has 2 N–H and O–H groups in total. The number of rotatable bonds is 4. The van der Waals surface area contributed by atoms with Crippen LogP contribution < -0.4 is 0 Å². The van der Waals surface area contributed by atoms with Crippen LogP contribution in [0, 0.1) is 0 Å². The maximum atomic E-state index is 10.4. The lowest BCUT2D eigenvalue weighted by Crippen LogP contribution is -2.21. The van der Waals surface area contributed by atoms with Crippen LogP contribution in [0.4, 0.5) is 0 Å². The van der Waals surface area contributed by atoms with Crippen molar-refractivity contribution in [1.82, 2.24) is 0 Å². The average molecular weight is 212 g/mol. The molecule has 1 unspecified atom stereocenters. The van der Waals surface area contributed by atoms with Gasteiger partial charge in [-0.15, -0.1) is 11.8 Å². The van der Waals surface area contributed by atoms with Crippen LogP contribution in [0.15, 0.2) is 29.2 Å². The molecular weight excluding hydrogens is 200 g/mol. The maximum absolute atomic E-state index is 10.4. The molecule has 0 aliphatic heterocycles. The Kier molecular flexibility index (Phi) is 3.98. The number of thioether (sulfide) groups is 1. The van der Waals surface area contributed by atoms with Crippen LogP contribution in [0.25, 0.3) is 0 Å². The SMILES string of the molecule is CSc1cccc(CC(O)C(=O)O)c1. The molecule has 0 amide bonds. The normalized spacial score (nSPS) is 12.4. The molecule has 0 bridgehead atoms. The Morgan fingerprint density at radius 1 is 1.57 bits per heavy atom. The van der Waals surface area contributed by atoms with Crippen molar-refractivity contribution in [2.45, 2.75) is 17.4 Å². The number of carboxylic acids is 1. The van der Waals surface area contributed by atoms with Gasteiger partial charge in [-0.3, -0.25) is 0 Å². The van der Waals surface area contributed by atoms with Gasteiger partial charge in [-0.25, -0.2) is 4.79 Å². The number of benzene rings is 1. The highest BCUT2D eigenvalue weighted by molar-refractivity contribution is 7.98. The Balaban J connectivity index is 2.71. The molecule has 0 spiro atoms. The Hall–Kier alpha value is -1.00. The molecular formula is C10H12O3S. The highest BCUT2D eigenvalue weighted by Gasteiger charge is 2.13. The molecule has 76 valence electrons. The highest BCUT2D eigenvalue weighted by atomic mass is 32.2. The van der Waals surface area contributed by atoms with E-state index in [2.05, 4.69) is 0 Å². The first-order valence-corrected chi connectivity index (χ1v) is 5.39. The molecule has 14 heavy (non-hydrogen) atoms. The zero-order valence-corrected chi connectivity index (χ0v) is 8.62. The predicted octanol–water partition coefficient (Wildman–Crippen LogP) is 1.40. The molecule has 1 atom stereocenters.